The summed E-state index contributed by atoms with van der Waals surface area (Å²) in [4.78, 5) is 22.4. The van der Waals surface area contributed by atoms with Crippen LogP contribution in [-0.2, 0) is 15.6 Å². The zero-order valence-electron chi connectivity index (χ0n) is 15.4. The number of benzene rings is 1. The third-order valence-corrected chi connectivity index (χ3v) is 7.17. The lowest BCUT2D eigenvalue weighted by molar-refractivity contribution is 0.0792. The Morgan fingerprint density at radius 3 is 2.59 bits per heavy atom. The zero-order chi connectivity index (χ0) is 20.4. The molecule has 2 aromatic heterocycles. The summed E-state index contributed by atoms with van der Waals surface area (Å²) in [5.41, 5.74) is 1.04. The van der Waals surface area contributed by atoms with Crippen LogP contribution in [-0.4, -0.2) is 42.3 Å². The number of halogens is 1. The molecule has 29 heavy (non-hydrogen) atoms. The van der Waals surface area contributed by atoms with Gasteiger partial charge >= 0.3 is 0 Å². The molecule has 1 aliphatic heterocycles. The summed E-state index contributed by atoms with van der Waals surface area (Å²) in [6.45, 7) is 1.43. The van der Waals surface area contributed by atoms with Gasteiger partial charge in [-0.1, -0.05) is 12.1 Å². The molecule has 1 aliphatic rings. The summed E-state index contributed by atoms with van der Waals surface area (Å²) in [7, 11) is -3.74. The van der Waals surface area contributed by atoms with Crippen LogP contribution >= 0.6 is 11.3 Å². The topological polar surface area (TPSA) is 80.2 Å². The van der Waals surface area contributed by atoms with Crippen molar-refractivity contribution in [1.82, 2.24) is 14.9 Å². The second-order valence-corrected chi connectivity index (χ2v) is 9.56. The summed E-state index contributed by atoms with van der Waals surface area (Å²) >= 11 is 1.19. The molecular weight excluding hydrogens is 413 g/mol. The molecule has 0 spiro atoms. The van der Waals surface area contributed by atoms with Crippen LogP contribution in [0.15, 0.2) is 53.0 Å². The van der Waals surface area contributed by atoms with E-state index in [1.165, 1.54) is 35.7 Å². The maximum atomic E-state index is 13.9. The van der Waals surface area contributed by atoms with Crippen LogP contribution in [0.1, 0.15) is 28.9 Å². The van der Waals surface area contributed by atoms with Crippen LogP contribution in [0, 0.1) is 5.82 Å². The van der Waals surface area contributed by atoms with Crippen molar-refractivity contribution in [1.29, 1.82) is 0 Å². The predicted molar refractivity (Wildman–Crippen MR) is 108 cm³/mol. The van der Waals surface area contributed by atoms with E-state index in [0.717, 1.165) is 12.8 Å². The molecule has 0 saturated carbocycles. The Labute approximate surface area is 172 Å². The number of hydrogen-bond acceptors (Lipinski definition) is 6. The monoisotopic (exact) mass is 431 g/mol. The first-order valence-corrected chi connectivity index (χ1v) is 11.6. The van der Waals surface area contributed by atoms with E-state index in [1.54, 1.807) is 28.5 Å². The average Bonchev–Trinajstić information content (AvgIpc) is 3.40. The molecule has 3 heterocycles. The minimum absolute atomic E-state index is 0.115. The van der Waals surface area contributed by atoms with Crippen LogP contribution in [0.4, 0.5) is 4.39 Å². The van der Waals surface area contributed by atoms with E-state index in [9.17, 15) is 17.6 Å². The number of likely N-dealkylation sites (tertiary alicyclic amines) is 1. The van der Waals surface area contributed by atoms with E-state index in [4.69, 9.17) is 0 Å². The third kappa shape index (κ3) is 4.20. The van der Waals surface area contributed by atoms with Crippen LogP contribution in [0.25, 0.3) is 10.6 Å². The second kappa shape index (κ2) is 8.00. The van der Waals surface area contributed by atoms with Gasteiger partial charge in [0.2, 0.25) is 9.84 Å². The highest BCUT2D eigenvalue weighted by Crippen LogP contribution is 2.27. The minimum Gasteiger partial charge on any atom is -0.339 e. The van der Waals surface area contributed by atoms with Gasteiger partial charge < -0.3 is 4.90 Å². The SMILES string of the molecule is O=C(c1ccc(S(=O)(=O)Cc2csc(-c3ccccc3F)n2)nc1)N1CCCC1. The third-order valence-electron chi connectivity index (χ3n) is 4.69. The number of pyridine rings is 1. The smallest absolute Gasteiger partial charge is 0.255 e. The van der Waals surface area contributed by atoms with Gasteiger partial charge in [0, 0.05) is 30.2 Å². The first-order chi connectivity index (χ1) is 13.9. The molecule has 0 bridgehead atoms. The summed E-state index contributed by atoms with van der Waals surface area (Å²) in [6.07, 6.45) is 3.27. The van der Waals surface area contributed by atoms with Gasteiger partial charge in [-0.05, 0) is 37.1 Å². The van der Waals surface area contributed by atoms with Gasteiger partial charge in [0.25, 0.3) is 5.91 Å². The molecule has 3 aromatic rings. The van der Waals surface area contributed by atoms with Gasteiger partial charge in [0.1, 0.15) is 10.8 Å². The molecule has 0 aliphatic carbocycles. The summed E-state index contributed by atoms with van der Waals surface area (Å²) in [5.74, 6) is -0.881. The Hall–Kier alpha value is -2.65. The lowest BCUT2D eigenvalue weighted by Gasteiger charge is -2.14. The fourth-order valence-corrected chi connectivity index (χ4v) is 5.32. The highest BCUT2D eigenvalue weighted by Gasteiger charge is 2.23. The molecule has 1 aromatic carbocycles. The fraction of sp³-hybridized carbons (Fsp3) is 0.250. The van der Waals surface area contributed by atoms with Crippen molar-refractivity contribution in [2.75, 3.05) is 13.1 Å². The van der Waals surface area contributed by atoms with Gasteiger partial charge in [-0.15, -0.1) is 11.3 Å². The number of hydrogen-bond donors (Lipinski definition) is 0. The average molecular weight is 432 g/mol. The maximum Gasteiger partial charge on any atom is 0.255 e. The van der Waals surface area contributed by atoms with Crippen LogP contribution < -0.4 is 0 Å². The molecule has 0 radical (unpaired) electrons. The molecule has 0 N–H and O–H groups in total. The predicted octanol–water partition coefficient (Wildman–Crippen LogP) is 3.55. The standard InChI is InChI=1S/C20H18FN3O3S2/c21-17-6-2-1-5-16(17)19-23-15(12-28-19)13-29(26,27)18-8-7-14(11-22-18)20(25)24-9-3-4-10-24/h1-2,5-8,11-12H,3-4,9-10,13H2. The number of amides is 1. The highest BCUT2D eigenvalue weighted by molar-refractivity contribution is 7.90. The summed E-state index contributed by atoms with van der Waals surface area (Å²) < 4.78 is 39.3. The summed E-state index contributed by atoms with van der Waals surface area (Å²) in [5, 5.41) is 1.91. The van der Waals surface area contributed by atoms with Crippen LogP contribution in [0.5, 0.6) is 0 Å². The Morgan fingerprint density at radius 1 is 1.14 bits per heavy atom. The van der Waals surface area contributed by atoms with E-state index in [-0.39, 0.29) is 16.7 Å². The van der Waals surface area contributed by atoms with Gasteiger partial charge in [-0.25, -0.2) is 22.8 Å². The zero-order valence-corrected chi connectivity index (χ0v) is 17.0. The van der Waals surface area contributed by atoms with Crippen molar-refractivity contribution in [3.8, 4) is 10.6 Å². The number of thiazole rings is 1. The van der Waals surface area contributed by atoms with E-state index < -0.39 is 15.7 Å². The number of sulfone groups is 1. The first kappa shape index (κ1) is 19.7. The molecular formula is C20H18FN3O3S2. The summed E-state index contributed by atoms with van der Waals surface area (Å²) in [6, 6.07) is 9.06. The maximum absolute atomic E-state index is 13.9. The van der Waals surface area contributed by atoms with Crippen molar-refractivity contribution in [2.24, 2.45) is 0 Å². The van der Waals surface area contributed by atoms with E-state index >= 15 is 0 Å². The first-order valence-electron chi connectivity index (χ1n) is 9.11. The molecule has 1 amide bonds. The molecule has 0 atom stereocenters. The molecule has 1 saturated heterocycles. The Kier molecular flexibility index (Phi) is 5.42. The van der Waals surface area contributed by atoms with E-state index in [0.29, 0.717) is 34.9 Å². The number of carbonyl (C=O) groups is 1. The van der Waals surface area contributed by atoms with Crippen LogP contribution in [0.3, 0.4) is 0 Å². The fourth-order valence-electron chi connectivity index (χ4n) is 3.19. The van der Waals surface area contributed by atoms with Crippen LogP contribution in [0.2, 0.25) is 0 Å². The Morgan fingerprint density at radius 2 is 1.90 bits per heavy atom. The van der Waals surface area contributed by atoms with Gasteiger partial charge in [-0.3, -0.25) is 4.79 Å². The number of nitrogens with zero attached hydrogens (tertiary/aromatic N) is 3. The van der Waals surface area contributed by atoms with Gasteiger partial charge in [0.05, 0.1) is 17.0 Å². The van der Waals surface area contributed by atoms with Gasteiger partial charge in [-0.2, -0.15) is 0 Å². The van der Waals surface area contributed by atoms with E-state index in [1.807, 2.05) is 0 Å². The van der Waals surface area contributed by atoms with Gasteiger partial charge in [0.15, 0.2) is 5.03 Å². The van der Waals surface area contributed by atoms with E-state index in [2.05, 4.69) is 9.97 Å². The van der Waals surface area contributed by atoms with Crippen molar-refractivity contribution < 1.29 is 17.6 Å². The molecule has 150 valence electrons. The second-order valence-electron chi connectivity index (χ2n) is 6.77. The Balaban J connectivity index is 1.50. The number of carbonyl (C=O) groups excluding carboxylic acids is 1. The van der Waals surface area contributed by atoms with Crippen molar-refractivity contribution in [2.45, 2.75) is 23.6 Å². The van der Waals surface area contributed by atoms with Crippen molar-refractivity contribution in [3.63, 3.8) is 0 Å². The molecule has 9 heteroatoms. The van der Waals surface area contributed by atoms with Crippen molar-refractivity contribution >= 4 is 27.1 Å². The number of aromatic nitrogens is 2. The molecule has 0 unspecified atom stereocenters. The minimum atomic E-state index is -3.74. The van der Waals surface area contributed by atoms with Crippen molar-refractivity contribution in [3.05, 3.63) is 65.0 Å². The number of rotatable bonds is 5. The normalized spacial score (nSPS) is 14.3. The molecule has 1 fully saturated rings. The quantitative estimate of drug-likeness (QED) is 0.617. The molecule has 4 rings (SSSR count). The lowest BCUT2D eigenvalue weighted by Crippen LogP contribution is -2.27. The lowest BCUT2D eigenvalue weighted by atomic mass is 10.2. The molecule has 6 nitrogen and oxygen atoms in total. The Bertz CT molecular complexity index is 1140. The highest BCUT2D eigenvalue weighted by atomic mass is 32.2. The largest absolute Gasteiger partial charge is 0.339 e.